The number of rotatable bonds is 23. The first-order valence-electron chi connectivity index (χ1n) is 25.1. The van der Waals surface area contributed by atoms with Crippen molar-refractivity contribution in [3.05, 3.63) is 100 Å². The van der Waals surface area contributed by atoms with Gasteiger partial charge in [0.2, 0.25) is 11.8 Å². The van der Waals surface area contributed by atoms with Gasteiger partial charge in [0.15, 0.2) is 5.60 Å². The third-order valence-electron chi connectivity index (χ3n) is 15.0. The molecule has 2 fully saturated rings. The quantitative estimate of drug-likeness (QED) is 0.0480. The minimum absolute atomic E-state index is 0.109. The Morgan fingerprint density at radius 3 is 2.01 bits per heavy atom. The van der Waals surface area contributed by atoms with E-state index in [1.807, 2.05) is 48.1 Å². The van der Waals surface area contributed by atoms with E-state index in [2.05, 4.69) is 85.1 Å². The summed E-state index contributed by atoms with van der Waals surface area (Å²) in [7, 11) is 7.43. The second-order valence-corrected chi connectivity index (χ2v) is 24.5. The first kappa shape index (κ1) is 52.3. The molecule has 1 aromatic heterocycles. The molecule has 1 saturated carbocycles. The number of aromatic nitrogens is 1. The molecule has 17 nitrogen and oxygen atoms in total. The summed E-state index contributed by atoms with van der Waals surface area (Å²) in [4.78, 5) is 65.6. The smallest absolute Gasteiger partial charge is 0.340 e. The highest BCUT2D eigenvalue weighted by atomic mass is 28.3. The predicted molar refractivity (Wildman–Crippen MR) is 279 cm³/mol. The molecular formula is C54H71N7O10Si. The van der Waals surface area contributed by atoms with Crippen LogP contribution in [0, 0.1) is 11.8 Å². The van der Waals surface area contributed by atoms with E-state index in [0.717, 1.165) is 34.6 Å². The number of benzene rings is 3. The second-order valence-electron chi connectivity index (χ2n) is 20.2. The van der Waals surface area contributed by atoms with Crippen molar-refractivity contribution in [1.82, 2.24) is 20.9 Å². The number of aliphatic hydroxyl groups excluding tert-OH is 1. The standard InChI is InChI=1S/C54H71N7O10Si/c1-10-53(11-2,58-49(64)44-18-19-45(61-30-39(31-61)67-7)50(57-44)70-33-36-26-35(36)32-62)52(66)56-21-23-69-25-24-68-22-20-55-48(63)34-12-15-40-43(27-34)54(71-51(40)65)41-16-13-37(59(3)4)28-46(41)72(8,9)47-29-38(60(5)6)14-17-42(47)54/h12-19,27-29,35-36,39,62H,10-11,20-26,30-33H2,1-9H3,(H,55,63)(H,56,66)(H,58,64)/t35-,36-/m1/s1. The van der Waals surface area contributed by atoms with Gasteiger partial charge in [-0.1, -0.05) is 39.1 Å². The third kappa shape index (κ3) is 10.2. The van der Waals surface area contributed by atoms with Gasteiger partial charge in [-0.05, 0) is 96.1 Å². The Labute approximate surface area is 423 Å². The van der Waals surface area contributed by atoms with E-state index >= 15 is 0 Å². The fourth-order valence-corrected chi connectivity index (χ4v) is 13.3. The van der Waals surface area contributed by atoms with Crippen LogP contribution < -0.4 is 45.8 Å². The number of anilines is 3. The van der Waals surface area contributed by atoms with Gasteiger partial charge in [-0.3, -0.25) is 14.4 Å². The van der Waals surface area contributed by atoms with E-state index in [1.54, 1.807) is 31.4 Å². The minimum atomic E-state index is -2.33. The highest BCUT2D eigenvalue weighted by Crippen LogP contribution is 2.50. The van der Waals surface area contributed by atoms with Gasteiger partial charge in [-0.15, -0.1) is 0 Å². The molecule has 3 aromatic carbocycles. The van der Waals surface area contributed by atoms with Crippen LogP contribution in [0.25, 0.3) is 0 Å². The maximum atomic E-state index is 13.8. The highest BCUT2D eigenvalue weighted by Gasteiger charge is 2.56. The van der Waals surface area contributed by atoms with Crippen molar-refractivity contribution in [2.24, 2.45) is 11.8 Å². The summed E-state index contributed by atoms with van der Waals surface area (Å²) in [5, 5.41) is 20.7. The molecule has 4 aromatic rings. The molecule has 1 saturated heterocycles. The predicted octanol–water partition coefficient (Wildman–Crippen LogP) is 3.52. The van der Waals surface area contributed by atoms with Crippen molar-refractivity contribution < 1.29 is 48.0 Å². The first-order valence-corrected chi connectivity index (χ1v) is 28.1. The normalized spacial score (nSPS) is 18.0. The fraction of sp³-hybridized carbons (Fsp3) is 0.500. The van der Waals surface area contributed by atoms with Gasteiger partial charge in [-0.2, -0.15) is 0 Å². The van der Waals surface area contributed by atoms with E-state index in [1.165, 1.54) is 10.4 Å². The van der Waals surface area contributed by atoms with Gasteiger partial charge < -0.3 is 59.4 Å². The maximum absolute atomic E-state index is 13.8. The summed E-state index contributed by atoms with van der Waals surface area (Å²) in [5.41, 5.74) is 3.98. The number of methoxy groups -OCH3 is 1. The van der Waals surface area contributed by atoms with Gasteiger partial charge in [-0.25, -0.2) is 9.78 Å². The average Bonchev–Trinajstić information content (AvgIpc) is 4.08. The first-order chi connectivity index (χ1) is 34.5. The number of hydrogen-bond acceptors (Lipinski definition) is 14. The van der Waals surface area contributed by atoms with E-state index in [9.17, 15) is 24.3 Å². The number of esters is 1. The molecule has 4 aliphatic rings. The molecule has 0 unspecified atom stereocenters. The van der Waals surface area contributed by atoms with Crippen molar-refractivity contribution in [2.45, 2.75) is 63.4 Å². The molecule has 0 bridgehead atoms. The van der Waals surface area contributed by atoms with Crippen LogP contribution in [0.4, 0.5) is 17.1 Å². The van der Waals surface area contributed by atoms with Crippen molar-refractivity contribution in [2.75, 3.05) is 116 Å². The number of nitrogens with zero attached hydrogens (tertiary/aromatic N) is 4. The molecule has 1 aliphatic carbocycles. The summed E-state index contributed by atoms with van der Waals surface area (Å²) in [5.74, 6) is -0.737. The zero-order chi connectivity index (χ0) is 51.5. The monoisotopic (exact) mass is 1010 g/mol. The van der Waals surface area contributed by atoms with Crippen LogP contribution in [0.2, 0.25) is 13.1 Å². The second kappa shape index (κ2) is 21.6. The number of aliphatic hydroxyl groups is 1. The summed E-state index contributed by atoms with van der Waals surface area (Å²) in [6.07, 6.45) is 1.70. The lowest BCUT2D eigenvalue weighted by Gasteiger charge is -2.44. The summed E-state index contributed by atoms with van der Waals surface area (Å²) in [6.45, 7) is 11.7. The van der Waals surface area contributed by atoms with Crippen molar-refractivity contribution in [1.29, 1.82) is 0 Å². The summed E-state index contributed by atoms with van der Waals surface area (Å²) < 4.78 is 29.6. The lowest BCUT2D eigenvalue weighted by molar-refractivity contribution is -0.128. The van der Waals surface area contributed by atoms with Crippen molar-refractivity contribution in [3.8, 4) is 5.88 Å². The molecule has 18 heteroatoms. The number of pyridine rings is 1. The molecule has 0 radical (unpaired) electrons. The Morgan fingerprint density at radius 1 is 0.819 bits per heavy atom. The van der Waals surface area contributed by atoms with E-state index in [0.29, 0.717) is 55.1 Å². The molecule has 4 heterocycles. The van der Waals surface area contributed by atoms with Crippen LogP contribution >= 0.6 is 0 Å². The Balaban J connectivity index is 0.815. The lowest BCUT2D eigenvalue weighted by Crippen LogP contribution is -2.63. The molecule has 2 atom stereocenters. The van der Waals surface area contributed by atoms with Crippen molar-refractivity contribution in [3.63, 3.8) is 0 Å². The molecule has 4 N–H and O–H groups in total. The number of carbonyl (C=O) groups excluding carboxylic acids is 4. The van der Waals surface area contributed by atoms with E-state index in [-0.39, 0.29) is 81.6 Å². The molecular weight excluding hydrogens is 935 g/mol. The molecule has 72 heavy (non-hydrogen) atoms. The van der Waals surface area contributed by atoms with Gasteiger partial charge in [0.05, 0.1) is 44.7 Å². The lowest BCUT2D eigenvalue weighted by atomic mass is 9.78. The number of hydrogen-bond donors (Lipinski definition) is 4. The molecule has 3 aliphatic heterocycles. The molecule has 386 valence electrons. The third-order valence-corrected chi connectivity index (χ3v) is 18.6. The Kier molecular flexibility index (Phi) is 15.7. The largest absolute Gasteiger partial charge is 0.476 e. The number of carbonyl (C=O) groups is 4. The van der Waals surface area contributed by atoms with Crippen LogP contribution in [-0.2, 0) is 29.3 Å². The van der Waals surface area contributed by atoms with Gasteiger partial charge in [0.25, 0.3) is 11.8 Å². The zero-order valence-electron chi connectivity index (χ0n) is 43.2. The SMILES string of the molecule is CCC(CC)(NC(=O)c1ccc(N2CC(OC)C2)c(OC[C@H]2C[C@@H]2CO)n1)C(=O)NCCOCCOCCNC(=O)c1ccc2c(c1)C1(OC2=O)c2ccc(N(C)C)cc2[Si](C)(C)c2cc(N(C)C)ccc21. The van der Waals surface area contributed by atoms with Gasteiger partial charge in [0, 0.05) is 102 Å². The van der Waals surface area contributed by atoms with Crippen LogP contribution in [0.1, 0.15) is 81.0 Å². The van der Waals surface area contributed by atoms with Crippen LogP contribution in [0.3, 0.4) is 0 Å². The Hall–Kier alpha value is -6.05. The topological polar surface area (TPSA) is 193 Å². The summed E-state index contributed by atoms with van der Waals surface area (Å²) >= 11 is 0. The van der Waals surface area contributed by atoms with E-state index < -0.39 is 31.1 Å². The zero-order valence-corrected chi connectivity index (χ0v) is 44.2. The van der Waals surface area contributed by atoms with Crippen molar-refractivity contribution >= 4 is 59.2 Å². The van der Waals surface area contributed by atoms with Crippen LogP contribution in [-0.4, -0.2) is 155 Å². The number of fused-ring (bicyclic) bond motifs is 6. The number of amides is 3. The molecule has 1 spiro atoms. The Bertz CT molecular complexity index is 2610. The maximum Gasteiger partial charge on any atom is 0.340 e. The molecule has 3 amide bonds. The van der Waals surface area contributed by atoms with Crippen LogP contribution in [0.15, 0.2) is 66.7 Å². The minimum Gasteiger partial charge on any atom is -0.476 e. The average molecular weight is 1010 g/mol. The van der Waals surface area contributed by atoms with Crippen LogP contribution in [0.5, 0.6) is 5.88 Å². The Morgan fingerprint density at radius 2 is 1.44 bits per heavy atom. The molecule has 8 rings (SSSR count). The number of ether oxygens (including phenoxy) is 5. The summed E-state index contributed by atoms with van der Waals surface area (Å²) in [6, 6.07) is 21.4. The highest BCUT2D eigenvalue weighted by molar-refractivity contribution is 7.01. The number of nitrogens with one attached hydrogen (secondary N) is 3. The fourth-order valence-electron chi connectivity index (χ4n) is 10.1. The van der Waals surface area contributed by atoms with Gasteiger partial charge >= 0.3 is 5.97 Å². The van der Waals surface area contributed by atoms with Gasteiger partial charge in [0.1, 0.15) is 25.0 Å². The van der Waals surface area contributed by atoms with E-state index in [4.69, 9.17) is 23.7 Å².